The molecule has 1 amide bonds. The molecule has 0 N–H and O–H groups in total. The molecule has 2 atom stereocenters. The summed E-state index contributed by atoms with van der Waals surface area (Å²) >= 11 is 0. The number of hydrogen-bond donors (Lipinski definition) is 0. The Bertz CT molecular complexity index is 423. The van der Waals surface area contributed by atoms with E-state index < -0.39 is 0 Å². The maximum absolute atomic E-state index is 12.3. The molecule has 0 aromatic heterocycles. The third-order valence-corrected chi connectivity index (χ3v) is 3.27. The number of amides is 1. The molecule has 5 nitrogen and oxygen atoms in total. The molecule has 0 radical (unpaired) electrons. The Labute approximate surface area is 106 Å². The summed E-state index contributed by atoms with van der Waals surface area (Å²) in [5.41, 5.74) is 0.685. The van der Waals surface area contributed by atoms with Crippen molar-refractivity contribution in [2.45, 2.75) is 25.9 Å². The molecule has 0 saturated carbocycles. The Kier molecular flexibility index (Phi) is 3.60. The molecule has 0 spiro atoms. The van der Waals surface area contributed by atoms with Crippen molar-refractivity contribution in [1.82, 2.24) is 9.91 Å². The lowest BCUT2D eigenvalue weighted by Crippen LogP contribution is -2.55. The summed E-state index contributed by atoms with van der Waals surface area (Å²) < 4.78 is 0. The van der Waals surface area contributed by atoms with Crippen LogP contribution in [0.25, 0.3) is 0 Å². The third-order valence-electron chi connectivity index (χ3n) is 3.27. The standard InChI is InChI=1S/C13H17N3O2/c1-10-8-15(9-11(2)16(10)14-18)13(17)12-6-4-3-5-7-12/h3-7,10-11H,8-9H2,1-2H3. The molecule has 1 aromatic rings. The van der Waals surface area contributed by atoms with E-state index in [4.69, 9.17) is 0 Å². The lowest BCUT2D eigenvalue weighted by molar-refractivity contribution is 0.0310. The zero-order valence-electron chi connectivity index (χ0n) is 10.6. The predicted molar refractivity (Wildman–Crippen MR) is 68.9 cm³/mol. The lowest BCUT2D eigenvalue weighted by atomic mass is 10.1. The molecule has 5 heteroatoms. The number of nitroso groups, excluding NO2 is 1. The van der Waals surface area contributed by atoms with E-state index in [1.54, 1.807) is 4.90 Å². The fraction of sp³-hybridized carbons (Fsp3) is 0.462. The molecule has 96 valence electrons. The zero-order valence-corrected chi connectivity index (χ0v) is 10.6. The highest BCUT2D eigenvalue weighted by atomic mass is 16.3. The van der Waals surface area contributed by atoms with Gasteiger partial charge in [0.15, 0.2) is 0 Å². The molecular weight excluding hydrogens is 230 g/mol. The zero-order chi connectivity index (χ0) is 13.1. The first-order chi connectivity index (χ1) is 8.63. The second kappa shape index (κ2) is 5.16. The van der Waals surface area contributed by atoms with Crippen LogP contribution in [-0.4, -0.2) is 41.0 Å². The Balaban J connectivity index is 2.12. The second-order valence-corrected chi connectivity index (χ2v) is 4.74. The summed E-state index contributed by atoms with van der Waals surface area (Å²) in [6.07, 6.45) is 0. The number of benzene rings is 1. The summed E-state index contributed by atoms with van der Waals surface area (Å²) in [5.74, 6) is 0.0137. The minimum atomic E-state index is -0.0427. The number of piperazine rings is 1. The molecule has 1 aliphatic heterocycles. The van der Waals surface area contributed by atoms with Crippen LogP contribution in [0, 0.1) is 4.91 Å². The second-order valence-electron chi connectivity index (χ2n) is 4.74. The van der Waals surface area contributed by atoms with Crippen molar-refractivity contribution >= 4 is 5.91 Å². The monoisotopic (exact) mass is 247 g/mol. The number of carbonyl (C=O) groups excluding carboxylic acids is 1. The van der Waals surface area contributed by atoms with Gasteiger partial charge < -0.3 is 4.90 Å². The van der Waals surface area contributed by atoms with E-state index in [-0.39, 0.29) is 18.0 Å². The molecule has 2 rings (SSSR count). The van der Waals surface area contributed by atoms with Gasteiger partial charge in [-0.05, 0) is 26.0 Å². The first-order valence-corrected chi connectivity index (χ1v) is 6.09. The van der Waals surface area contributed by atoms with Gasteiger partial charge >= 0.3 is 0 Å². The van der Waals surface area contributed by atoms with Crippen LogP contribution in [0.4, 0.5) is 0 Å². The van der Waals surface area contributed by atoms with Crippen LogP contribution in [0.15, 0.2) is 35.6 Å². The first kappa shape index (κ1) is 12.5. The average Bonchev–Trinajstić information content (AvgIpc) is 2.38. The highest BCUT2D eigenvalue weighted by Gasteiger charge is 2.32. The smallest absolute Gasteiger partial charge is 0.253 e. The number of carbonyl (C=O) groups is 1. The van der Waals surface area contributed by atoms with E-state index in [1.807, 2.05) is 44.2 Å². The highest BCUT2D eigenvalue weighted by molar-refractivity contribution is 5.94. The summed E-state index contributed by atoms with van der Waals surface area (Å²) in [7, 11) is 0. The topological polar surface area (TPSA) is 53.0 Å². The van der Waals surface area contributed by atoms with Crippen molar-refractivity contribution in [2.75, 3.05) is 13.1 Å². The summed E-state index contributed by atoms with van der Waals surface area (Å²) in [6, 6.07) is 9.12. The van der Waals surface area contributed by atoms with E-state index in [0.717, 1.165) is 0 Å². The van der Waals surface area contributed by atoms with Gasteiger partial charge in [0.05, 0.1) is 17.4 Å². The Morgan fingerprint density at radius 2 is 1.72 bits per heavy atom. The molecule has 1 heterocycles. The first-order valence-electron chi connectivity index (χ1n) is 6.09. The molecule has 18 heavy (non-hydrogen) atoms. The molecule has 0 aliphatic carbocycles. The minimum absolute atomic E-state index is 0.0137. The van der Waals surface area contributed by atoms with Crippen molar-refractivity contribution in [3.8, 4) is 0 Å². The predicted octanol–water partition coefficient (Wildman–Crippen LogP) is 1.90. The lowest BCUT2D eigenvalue weighted by Gasteiger charge is -2.40. The van der Waals surface area contributed by atoms with Crippen LogP contribution in [0.2, 0.25) is 0 Å². The van der Waals surface area contributed by atoms with E-state index in [1.165, 1.54) is 5.01 Å². The molecule has 1 saturated heterocycles. The fourth-order valence-corrected chi connectivity index (χ4v) is 2.40. The Hall–Kier alpha value is -1.91. The Morgan fingerprint density at radius 1 is 1.17 bits per heavy atom. The van der Waals surface area contributed by atoms with Crippen molar-refractivity contribution in [3.05, 3.63) is 40.8 Å². The molecule has 1 fully saturated rings. The van der Waals surface area contributed by atoms with Gasteiger partial charge in [0.2, 0.25) is 0 Å². The van der Waals surface area contributed by atoms with E-state index in [0.29, 0.717) is 18.7 Å². The summed E-state index contributed by atoms with van der Waals surface area (Å²) in [6.45, 7) is 4.87. The highest BCUT2D eigenvalue weighted by Crippen LogP contribution is 2.17. The van der Waals surface area contributed by atoms with Crippen LogP contribution in [0.3, 0.4) is 0 Å². The molecule has 2 unspecified atom stereocenters. The van der Waals surface area contributed by atoms with Crippen LogP contribution in [0.5, 0.6) is 0 Å². The van der Waals surface area contributed by atoms with Gasteiger partial charge in [0, 0.05) is 18.7 Å². The van der Waals surface area contributed by atoms with Gasteiger partial charge in [-0.25, -0.2) is 0 Å². The van der Waals surface area contributed by atoms with Gasteiger partial charge in [0.25, 0.3) is 5.91 Å². The van der Waals surface area contributed by atoms with Crippen molar-refractivity contribution < 1.29 is 4.79 Å². The molecule has 0 bridgehead atoms. The van der Waals surface area contributed by atoms with Crippen molar-refractivity contribution in [3.63, 3.8) is 0 Å². The summed E-state index contributed by atoms with van der Waals surface area (Å²) in [4.78, 5) is 24.8. The summed E-state index contributed by atoms with van der Waals surface area (Å²) in [5, 5.41) is 4.54. The van der Waals surface area contributed by atoms with E-state index >= 15 is 0 Å². The van der Waals surface area contributed by atoms with Gasteiger partial charge in [-0.15, -0.1) is 4.91 Å². The molecule has 1 aliphatic rings. The average molecular weight is 247 g/mol. The van der Waals surface area contributed by atoms with Crippen LogP contribution in [0.1, 0.15) is 24.2 Å². The fourth-order valence-electron chi connectivity index (χ4n) is 2.40. The molecular formula is C13H17N3O2. The van der Waals surface area contributed by atoms with Gasteiger partial charge in [-0.3, -0.25) is 9.80 Å². The maximum atomic E-state index is 12.3. The molecule has 1 aromatic carbocycles. The normalized spacial score (nSPS) is 23.9. The number of nitrogens with zero attached hydrogens (tertiary/aromatic N) is 3. The van der Waals surface area contributed by atoms with Gasteiger partial charge in [-0.1, -0.05) is 18.2 Å². The number of hydrogen-bond acceptors (Lipinski definition) is 3. The Morgan fingerprint density at radius 3 is 2.22 bits per heavy atom. The largest absolute Gasteiger partial charge is 0.334 e. The van der Waals surface area contributed by atoms with E-state index in [9.17, 15) is 9.70 Å². The SMILES string of the molecule is CC1CN(C(=O)c2ccccc2)CC(C)N1N=O. The van der Waals surface area contributed by atoms with Crippen LogP contribution < -0.4 is 0 Å². The van der Waals surface area contributed by atoms with Gasteiger partial charge in [-0.2, -0.15) is 0 Å². The van der Waals surface area contributed by atoms with Gasteiger partial charge in [0.1, 0.15) is 0 Å². The minimum Gasteiger partial charge on any atom is -0.334 e. The third kappa shape index (κ3) is 2.34. The van der Waals surface area contributed by atoms with Crippen molar-refractivity contribution in [2.24, 2.45) is 5.29 Å². The van der Waals surface area contributed by atoms with Crippen LogP contribution >= 0.6 is 0 Å². The van der Waals surface area contributed by atoms with Crippen LogP contribution in [-0.2, 0) is 0 Å². The van der Waals surface area contributed by atoms with E-state index in [2.05, 4.69) is 5.29 Å². The number of rotatable bonds is 2. The maximum Gasteiger partial charge on any atom is 0.253 e. The quantitative estimate of drug-likeness (QED) is 0.750. The van der Waals surface area contributed by atoms with Crippen molar-refractivity contribution in [1.29, 1.82) is 0 Å².